The summed E-state index contributed by atoms with van der Waals surface area (Å²) in [5, 5.41) is 6.62. The zero-order chi connectivity index (χ0) is 22.7. The fourth-order valence-corrected chi connectivity index (χ4v) is 5.98. The maximum atomic E-state index is 5.14. The predicted molar refractivity (Wildman–Crippen MR) is 138 cm³/mol. The number of benzene rings is 2. The van der Waals surface area contributed by atoms with Crippen molar-refractivity contribution in [3.8, 4) is 11.3 Å². The molecule has 5 nitrogen and oxygen atoms in total. The van der Waals surface area contributed by atoms with Gasteiger partial charge >= 0.3 is 0 Å². The molecule has 1 aliphatic heterocycles. The fraction of sp³-hybridized carbons (Fsp3) is 0.414. The molecule has 1 aromatic heterocycles. The third kappa shape index (κ3) is 4.70. The Bertz CT molecular complexity index is 1150. The number of nitrogens with one attached hydrogen (secondary N) is 2. The van der Waals surface area contributed by atoms with Crippen LogP contribution in [-0.2, 0) is 12.8 Å². The number of rotatable bonds is 7. The molecule has 2 aromatic carbocycles. The lowest BCUT2D eigenvalue weighted by atomic mass is 9.88. The second kappa shape index (κ2) is 9.57. The smallest absolute Gasteiger partial charge is 0.195 e. The van der Waals surface area contributed by atoms with Crippen LogP contribution in [0, 0.1) is 11.8 Å². The molecule has 174 valence electrons. The molecular formula is C29H33N5. The standard InChI is InChI=1S/C29H33N5/c1-2-5-20(6-3-1)7-4-8-25-19-27(34-28(32-25)26-18-21-9-10-23(26)17-21)22-11-13-24(14-12-22)33-29-30-15-16-31-29/h1-3,5-6,11-14,19,21,23,26H,4,7-10,15-18H2,(H2,30,31,33). The Morgan fingerprint density at radius 2 is 1.79 bits per heavy atom. The van der Waals surface area contributed by atoms with Crippen molar-refractivity contribution in [2.75, 3.05) is 18.4 Å². The van der Waals surface area contributed by atoms with Crippen molar-refractivity contribution in [2.45, 2.75) is 50.9 Å². The van der Waals surface area contributed by atoms with Crippen LogP contribution in [0.1, 0.15) is 55.1 Å². The third-order valence-electron chi connectivity index (χ3n) is 7.72. The summed E-state index contributed by atoms with van der Waals surface area (Å²) >= 11 is 0. The van der Waals surface area contributed by atoms with Crippen molar-refractivity contribution in [3.63, 3.8) is 0 Å². The molecule has 0 saturated heterocycles. The topological polar surface area (TPSA) is 62.2 Å². The van der Waals surface area contributed by atoms with Crippen molar-refractivity contribution in [3.05, 3.63) is 77.7 Å². The molecule has 3 aliphatic rings. The Morgan fingerprint density at radius 3 is 2.53 bits per heavy atom. The molecule has 6 rings (SSSR count). The Labute approximate surface area is 202 Å². The van der Waals surface area contributed by atoms with Crippen molar-refractivity contribution in [1.29, 1.82) is 0 Å². The molecule has 3 unspecified atom stereocenters. The van der Waals surface area contributed by atoms with E-state index in [0.717, 1.165) is 72.9 Å². The van der Waals surface area contributed by atoms with Gasteiger partial charge in [0.15, 0.2) is 5.96 Å². The molecule has 2 N–H and O–H groups in total. The normalized spacial score (nSPS) is 23.1. The number of aliphatic imine (C=N–C) groups is 1. The summed E-state index contributed by atoms with van der Waals surface area (Å²) in [5.41, 5.74) is 5.84. The Morgan fingerprint density at radius 1 is 0.912 bits per heavy atom. The van der Waals surface area contributed by atoms with E-state index in [0.29, 0.717) is 5.92 Å². The summed E-state index contributed by atoms with van der Waals surface area (Å²) in [6.07, 6.45) is 8.58. The zero-order valence-corrected chi connectivity index (χ0v) is 19.7. The Hall–Kier alpha value is -3.21. The molecule has 2 heterocycles. The highest BCUT2D eigenvalue weighted by Gasteiger charge is 2.41. The van der Waals surface area contributed by atoms with Crippen LogP contribution in [0.5, 0.6) is 0 Å². The van der Waals surface area contributed by atoms with Crippen LogP contribution >= 0.6 is 0 Å². The summed E-state index contributed by atoms with van der Waals surface area (Å²) in [6.45, 7) is 1.74. The maximum Gasteiger partial charge on any atom is 0.195 e. The van der Waals surface area contributed by atoms with E-state index < -0.39 is 0 Å². The van der Waals surface area contributed by atoms with E-state index in [-0.39, 0.29) is 0 Å². The molecule has 2 saturated carbocycles. The minimum Gasteiger partial charge on any atom is -0.354 e. The van der Waals surface area contributed by atoms with E-state index in [9.17, 15) is 0 Å². The number of nitrogens with zero attached hydrogens (tertiary/aromatic N) is 3. The lowest BCUT2D eigenvalue weighted by Crippen LogP contribution is -2.26. The van der Waals surface area contributed by atoms with Gasteiger partial charge in [-0.3, -0.25) is 4.99 Å². The van der Waals surface area contributed by atoms with Gasteiger partial charge in [0, 0.05) is 29.4 Å². The number of hydrogen-bond donors (Lipinski definition) is 2. The number of aromatic nitrogens is 2. The van der Waals surface area contributed by atoms with Gasteiger partial charge in [0.1, 0.15) is 5.82 Å². The molecule has 3 atom stereocenters. The van der Waals surface area contributed by atoms with E-state index in [1.807, 2.05) is 0 Å². The van der Waals surface area contributed by atoms with Gasteiger partial charge in [-0.15, -0.1) is 0 Å². The SMILES string of the molecule is c1ccc(CCCc2cc(-c3ccc(NC4=NCCN4)cc3)nc(C3CC4CCC3C4)n2)cc1. The van der Waals surface area contributed by atoms with Crippen LogP contribution in [0.3, 0.4) is 0 Å². The van der Waals surface area contributed by atoms with Gasteiger partial charge in [-0.05, 0) is 74.1 Å². The number of aryl methyl sites for hydroxylation is 2. The highest BCUT2D eigenvalue weighted by molar-refractivity contribution is 5.94. The van der Waals surface area contributed by atoms with Crippen molar-refractivity contribution >= 4 is 11.6 Å². The summed E-state index contributed by atoms with van der Waals surface area (Å²) in [5.74, 6) is 4.16. The van der Waals surface area contributed by atoms with Crippen LogP contribution in [0.25, 0.3) is 11.3 Å². The number of anilines is 1. The van der Waals surface area contributed by atoms with Crippen molar-refractivity contribution in [2.24, 2.45) is 16.8 Å². The average molecular weight is 452 g/mol. The second-order valence-electron chi connectivity index (χ2n) is 10.1. The summed E-state index contributed by atoms with van der Waals surface area (Å²) < 4.78 is 0. The minimum absolute atomic E-state index is 0.541. The summed E-state index contributed by atoms with van der Waals surface area (Å²) in [4.78, 5) is 14.7. The molecule has 0 spiro atoms. The van der Waals surface area contributed by atoms with E-state index >= 15 is 0 Å². The first kappa shape index (κ1) is 21.3. The number of fused-ring (bicyclic) bond motifs is 2. The molecule has 2 fully saturated rings. The van der Waals surface area contributed by atoms with Crippen molar-refractivity contribution < 1.29 is 0 Å². The van der Waals surface area contributed by atoms with Gasteiger partial charge in [0.25, 0.3) is 0 Å². The molecule has 34 heavy (non-hydrogen) atoms. The molecule has 5 heteroatoms. The van der Waals surface area contributed by atoms with E-state index in [1.165, 1.54) is 36.9 Å². The van der Waals surface area contributed by atoms with Gasteiger partial charge in [-0.2, -0.15) is 0 Å². The molecule has 3 aromatic rings. The van der Waals surface area contributed by atoms with Crippen molar-refractivity contribution in [1.82, 2.24) is 15.3 Å². The Balaban J connectivity index is 1.23. The van der Waals surface area contributed by atoms with Gasteiger partial charge in [-0.25, -0.2) is 9.97 Å². The van der Waals surface area contributed by atoms with Crippen LogP contribution in [-0.4, -0.2) is 29.0 Å². The molecule has 0 radical (unpaired) electrons. The summed E-state index contributed by atoms with van der Waals surface area (Å²) in [6, 6.07) is 21.5. The van der Waals surface area contributed by atoms with Gasteiger partial charge in [0.05, 0.1) is 12.2 Å². The van der Waals surface area contributed by atoms with E-state index in [1.54, 1.807) is 0 Å². The maximum absolute atomic E-state index is 5.14. The minimum atomic E-state index is 0.541. The van der Waals surface area contributed by atoms with Gasteiger partial charge in [-0.1, -0.05) is 48.9 Å². The fourth-order valence-electron chi connectivity index (χ4n) is 5.98. The first-order valence-electron chi connectivity index (χ1n) is 12.9. The van der Waals surface area contributed by atoms with Crippen LogP contribution in [0.2, 0.25) is 0 Å². The predicted octanol–water partition coefficient (Wildman–Crippen LogP) is 5.59. The highest BCUT2D eigenvalue weighted by Crippen LogP contribution is 2.52. The van der Waals surface area contributed by atoms with Crippen LogP contribution in [0.15, 0.2) is 65.7 Å². The third-order valence-corrected chi connectivity index (χ3v) is 7.72. The van der Waals surface area contributed by atoms with Crippen LogP contribution in [0.4, 0.5) is 5.69 Å². The lowest BCUT2D eigenvalue weighted by molar-refractivity contribution is 0.404. The monoisotopic (exact) mass is 451 g/mol. The van der Waals surface area contributed by atoms with E-state index in [4.69, 9.17) is 9.97 Å². The van der Waals surface area contributed by atoms with Gasteiger partial charge in [0.2, 0.25) is 0 Å². The summed E-state index contributed by atoms with van der Waals surface area (Å²) in [7, 11) is 0. The number of guanidine groups is 1. The first-order valence-corrected chi connectivity index (χ1v) is 12.9. The molecular weight excluding hydrogens is 418 g/mol. The lowest BCUT2D eigenvalue weighted by Gasteiger charge is -2.21. The van der Waals surface area contributed by atoms with Gasteiger partial charge < -0.3 is 10.6 Å². The second-order valence-corrected chi connectivity index (χ2v) is 10.1. The largest absolute Gasteiger partial charge is 0.354 e. The zero-order valence-electron chi connectivity index (χ0n) is 19.7. The highest BCUT2D eigenvalue weighted by atomic mass is 15.2. The van der Waals surface area contributed by atoms with E-state index in [2.05, 4.69) is 76.3 Å². The quantitative estimate of drug-likeness (QED) is 0.491. The molecule has 2 bridgehead atoms. The Kier molecular flexibility index (Phi) is 6.01. The van der Waals surface area contributed by atoms with Crippen LogP contribution < -0.4 is 10.6 Å². The first-order chi connectivity index (χ1) is 16.8. The molecule has 2 aliphatic carbocycles. The molecule has 0 amide bonds. The average Bonchev–Trinajstić information content (AvgIpc) is 3.64. The number of hydrogen-bond acceptors (Lipinski definition) is 5.